The first kappa shape index (κ1) is 25.5. The summed E-state index contributed by atoms with van der Waals surface area (Å²) in [7, 11) is 0. The number of piperidine rings is 1. The normalized spacial score (nSPS) is 13.9. The molecule has 1 saturated heterocycles. The van der Waals surface area contributed by atoms with Crippen LogP contribution in [0.3, 0.4) is 0 Å². The minimum Gasteiger partial charge on any atom is -0.393 e. The second kappa shape index (κ2) is 11.5. The van der Waals surface area contributed by atoms with Gasteiger partial charge in [-0.15, -0.1) is 0 Å². The number of ketones is 1. The number of aliphatic hydroxyl groups excluding tert-OH is 1. The molecule has 0 spiro atoms. The van der Waals surface area contributed by atoms with E-state index in [0.717, 1.165) is 11.1 Å². The summed E-state index contributed by atoms with van der Waals surface area (Å²) in [5.74, 6) is -1.04. The molecule has 2 aromatic carbocycles. The van der Waals surface area contributed by atoms with Gasteiger partial charge in [-0.2, -0.15) is 4.98 Å². The van der Waals surface area contributed by atoms with E-state index in [0.29, 0.717) is 38.3 Å². The zero-order chi connectivity index (χ0) is 25.7. The van der Waals surface area contributed by atoms with Crippen molar-refractivity contribution in [2.75, 3.05) is 28.6 Å². The van der Waals surface area contributed by atoms with Crippen LogP contribution in [0.2, 0.25) is 5.02 Å². The summed E-state index contributed by atoms with van der Waals surface area (Å²) in [5.41, 5.74) is 1.82. The highest BCUT2D eigenvalue weighted by molar-refractivity contribution is 6.32. The Kier molecular flexibility index (Phi) is 8.12. The maximum atomic E-state index is 14.8. The monoisotopic (exact) mass is 513 g/mol. The van der Waals surface area contributed by atoms with Gasteiger partial charge in [0.15, 0.2) is 23.2 Å². The van der Waals surface area contributed by atoms with Gasteiger partial charge >= 0.3 is 0 Å². The lowest BCUT2D eigenvalue weighted by Gasteiger charge is -2.32. The standard InChI is InChI=1S/C26H26ClF2N5O2/c1-2-19(35)11-16-4-3-5-17(10-16)14-30-25-21(27)15-31-26(33-25)32-18-12-22(28)24(23(29)13-18)34-8-6-20(36)7-9-34/h2-5,10,12-13,15,20,36H,1,6-9,11,14H2,(H2,30,31,32,33). The van der Waals surface area contributed by atoms with Crippen molar-refractivity contribution in [2.45, 2.75) is 31.9 Å². The van der Waals surface area contributed by atoms with Crippen LogP contribution in [-0.2, 0) is 17.8 Å². The molecule has 0 bridgehead atoms. The average molecular weight is 514 g/mol. The van der Waals surface area contributed by atoms with Crippen molar-refractivity contribution in [1.29, 1.82) is 0 Å². The Balaban J connectivity index is 1.45. The van der Waals surface area contributed by atoms with Crippen LogP contribution in [0.1, 0.15) is 24.0 Å². The van der Waals surface area contributed by atoms with E-state index >= 15 is 0 Å². The summed E-state index contributed by atoms with van der Waals surface area (Å²) in [6, 6.07) is 9.89. The summed E-state index contributed by atoms with van der Waals surface area (Å²) < 4.78 is 29.6. The van der Waals surface area contributed by atoms with Crippen molar-refractivity contribution >= 4 is 40.5 Å². The third-order valence-electron chi connectivity index (χ3n) is 5.86. The minimum absolute atomic E-state index is 0.0645. The molecule has 3 N–H and O–H groups in total. The fourth-order valence-electron chi connectivity index (χ4n) is 4.02. The Bertz CT molecular complexity index is 1240. The number of halogens is 3. The fourth-order valence-corrected chi connectivity index (χ4v) is 4.18. The van der Waals surface area contributed by atoms with Crippen molar-refractivity contribution < 1.29 is 18.7 Å². The molecular formula is C26H26ClF2N5O2. The second-order valence-corrected chi connectivity index (χ2v) is 8.95. The smallest absolute Gasteiger partial charge is 0.229 e. The molecule has 0 unspecified atom stereocenters. The van der Waals surface area contributed by atoms with Gasteiger partial charge in [0.25, 0.3) is 0 Å². The first-order chi connectivity index (χ1) is 17.3. The molecule has 4 rings (SSSR count). The number of nitrogens with one attached hydrogen (secondary N) is 2. The number of hydrogen-bond acceptors (Lipinski definition) is 7. The van der Waals surface area contributed by atoms with Crippen molar-refractivity contribution in [3.05, 3.63) is 83.0 Å². The van der Waals surface area contributed by atoms with Crippen molar-refractivity contribution in [1.82, 2.24) is 9.97 Å². The summed E-state index contributed by atoms with van der Waals surface area (Å²) in [5, 5.41) is 15.9. The molecule has 188 valence electrons. The molecule has 2 heterocycles. The SMILES string of the molecule is C=CC(=O)Cc1cccc(CNc2nc(Nc3cc(F)c(N4CCC(O)CC4)c(F)c3)ncc2Cl)c1. The van der Waals surface area contributed by atoms with Crippen LogP contribution >= 0.6 is 11.6 Å². The number of benzene rings is 2. The van der Waals surface area contributed by atoms with E-state index in [2.05, 4.69) is 27.2 Å². The molecule has 0 atom stereocenters. The zero-order valence-corrected chi connectivity index (χ0v) is 20.2. The summed E-state index contributed by atoms with van der Waals surface area (Å²) >= 11 is 6.24. The van der Waals surface area contributed by atoms with Crippen LogP contribution in [0.5, 0.6) is 0 Å². The first-order valence-corrected chi connectivity index (χ1v) is 11.9. The van der Waals surface area contributed by atoms with E-state index in [1.54, 1.807) is 4.90 Å². The molecule has 0 radical (unpaired) electrons. The highest BCUT2D eigenvalue weighted by atomic mass is 35.5. The Morgan fingerprint density at radius 1 is 1.19 bits per heavy atom. The Morgan fingerprint density at radius 2 is 1.89 bits per heavy atom. The topological polar surface area (TPSA) is 90.4 Å². The number of rotatable bonds is 9. The molecule has 0 aliphatic carbocycles. The molecule has 3 aromatic rings. The highest BCUT2D eigenvalue weighted by Gasteiger charge is 2.23. The van der Waals surface area contributed by atoms with Gasteiger partial charge in [0.2, 0.25) is 5.95 Å². The van der Waals surface area contributed by atoms with E-state index in [1.807, 2.05) is 24.3 Å². The van der Waals surface area contributed by atoms with Gasteiger partial charge in [0.05, 0.1) is 12.3 Å². The van der Waals surface area contributed by atoms with Crippen molar-refractivity contribution in [2.24, 2.45) is 0 Å². The van der Waals surface area contributed by atoms with Crippen LogP contribution in [-0.4, -0.2) is 40.1 Å². The summed E-state index contributed by atoms with van der Waals surface area (Å²) in [6.07, 6.45) is 3.44. The third kappa shape index (κ3) is 6.35. The van der Waals surface area contributed by atoms with Gasteiger partial charge in [0.1, 0.15) is 10.7 Å². The molecule has 7 nitrogen and oxygen atoms in total. The molecule has 0 amide bonds. The fraction of sp³-hybridized carbons (Fsp3) is 0.269. The van der Waals surface area contributed by atoms with Gasteiger partial charge in [-0.1, -0.05) is 42.4 Å². The molecule has 1 aliphatic rings. The number of hydrogen-bond donors (Lipinski definition) is 3. The second-order valence-electron chi connectivity index (χ2n) is 8.54. The molecule has 10 heteroatoms. The molecule has 1 aromatic heterocycles. The molecule has 36 heavy (non-hydrogen) atoms. The number of carbonyl (C=O) groups is 1. The van der Waals surface area contributed by atoms with E-state index in [-0.39, 0.29) is 34.5 Å². The van der Waals surface area contributed by atoms with Crippen LogP contribution in [0.25, 0.3) is 0 Å². The largest absolute Gasteiger partial charge is 0.393 e. The Hall–Kier alpha value is -3.56. The average Bonchev–Trinajstić information content (AvgIpc) is 2.85. The Morgan fingerprint density at radius 3 is 2.58 bits per heavy atom. The van der Waals surface area contributed by atoms with E-state index < -0.39 is 17.7 Å². The van der Waals surface area contributed by atoms with Crippen molar-refractivity contribution in [3.8, 4) is 0 Å². The minimum atomic E-state index is -0.712. The molecular weight excluding hydrogens is 488 g/mol. The lowest BCUT2D eigenvalue weighted by Crippen LogP contribution is -2.36. The van der Waals surface area contributed by atoms with E-state index in [1.165, 1.54) is 24.4 Å². The quantitative estimate of drug-likeness (QED) is 0.346. The number of aliphatic hydroxyl groups is 1. The van der Waals surface area contributed by atoms with Gasteiger partial charge in [0, 0.05) is 31.7 Å². The number of aromatic nitrogens is 2. The first-order valence-electron chi connectivity index (χ1n) is 11.5. The number of anilines is 4. The third-order valence-corrected chi connectivity index (χ3v) is 6.13. The van der Waals surface area contributed by atoms with Crippen LogP contribution in [0.4, 0.5) is 31.9 Å². The molecule has 1 aliphatic heterocycles. The maximum absolute atomic E-state index is 14.8. The Labute approximate surface area is 212 Å². The number of carbonyl (C=O) groups excluding carboxylic acids is 1. The predicted molar refractivity (Wildman–Crippen MR) is 137 cm³/mol. The lowest BCUT2D eigenvalue weighted by molar-refractivity contribution is -0.114. The van der Waals surface area contributed by atoms with E-state index in [4.69, 9.17) is 11.6 Å². The lowest BCUT2D eigenvalue weighted by atomic mass is 10.1. The van der Waals surface area contributed by atoms with Crippen molar-refractivity contribution in [3.63, 3.8) is 0 Å². The zero-order valence-electron chi connectivity index (χ0n) is 19.5. The van der Waals surface area contributed by atoms with Crippen LogP contribution in [0.15, 0.2) is 55.3 Å². The highest BCUT2D eigenvalue weighted by Crippen LogP contribution is 2.31. The van der Waals surface area contributed by atoms with Crippen LogP contribution in [0, 0.1) is 11.6 Å². The predicted octanol–water partition coefficient (Wildman–Crippen LogP) is 5.02. The summed E-state index contributed by atoms with van der Waals surface area (Å²) in [6.45, 7) is 4.63. The van der Waals surface area contributed by atoms with Gasteiger partial charge in [-0.3, -0.25) is 4.79 Å². The molecule has 1 fully saturated rings. The number of nitrogens with zero attached hydrogens (tertiary/aromatic N) is 3. The van der Waals surface area contributed by atoms with Gasteiger partial charge in [-0.05, 0) is 42.2 Å². The maximum Gasteiger partial charge on any atom is 0.229 e. The van der Waals surface area contributed by atoms with Gasteiger partial charge < -0.3 is 20.6 Å². The van der Waals surface area contributed by atoms with Gasteiger partial charge in [-0.25, -0.2) is 13.8 Å². The summed E-state index contributed by atoms with van der Waals surface area (Å²) in [4.78, 5) is 21.7. The van der Waals surface area contributed by atoms with Crippen LogP contribution < -0.4 is 15.5 Å². The van der Waals surface area contributed by atoms with E-state index in [9.17, 15) is 18.7 Å². The molecule has 0 saturated carbocycles. The number of allylic oxidation sites excluding steroid dienone is 1.